The van der Waals surface area contributed by atoms with Crippen LogP contribution in [-0.2, 0) is 16.5 Å². The molecule has 0 aliphatic carbocycles. The van der Waals surface area contributed by atoms with Crippen LogP contribution in [0.1, 0.15) is 37.8 Å². The highest BCUT2D eigenvalue weighted by Crippen LogP contribution is 2.31. The summed E-state index contributed by atoms with van der Waals surface area (Å²) in [6.07, 6.45) is -4.25. The number of carboxylic acids is 1. The van der Waals surface area contributed by atoms with Gasteiger partial charge in [-0.3, -0.25) is 4.79 Å². The Hall–Kier alpha value is -2.25. The van der Waals surface area contributed by atoms with Gasteiger partial charge in [0.15, 0.2) is 0 Å². The van der Waals surface area contributed by atoms with Crippen molar-refractivity contribution in [2.45, 2.75) is 38.4 Å². The van der Waals surface area contributed by atoms with E-state index in [0.29, 0.717) is 5.56 Å². The molecule has 128 valence electrons. The molecule has 1 aromatic carbocycles. The van der Waals surface area contributed by atoms with E-state index in [1.807, 2.05) is 0 Å². The van der Waals surface area contributed by atoms with Crippen LogP contribution in [0, 0.1) is 0 Å². The normalized spacial score (nSPS) is 11.9. The van der Waals surface area contributed by atoms with Gasteiger partial charge in [0.05, 0.1) is 11.1 Å². The summed E-state index contributed by atoms with van der Waals surface area (Å²) >= 11 is 0. The van der Waals surface area contributed by atoms with Gasteiger partial charge in [0, 0.05) is 13.0 Å². The predicted molar refractivity (Wildman–Crippen MR) is 77.9 cm³/mol. The molecule has 1 rings (SSSR count). The molecule has 0 saturated heterocycles. The van der Waals surface area contributed by atoms with Crippen LogP contribution in [0.3, 0.4) is 0 Å². The summed E-state index contributed by atoms with van der Waals surface area (Å²) < 4.78 is 38.2. The third kappa shape index (κ3) is 6.17. The van der Waals surface area contributed by atoms with Gasteiger partial charge in [0.1, 0.15) is 0 Å². The fraction of sp³-hybridized carbons (Fsp3) is 0.467. The zero-order valence-electron chi connectivity index (χ0n) is 12.8. The molecule has 0 fully saturated rings. The maximum Gasteiger partial charge on any atom is 0.416 e. The number of carbonyl (C=O) groups excluding carboxylic acids is 1. The highest BCUT2D eigenvalue weighted by molar-refractivity contribution is 5.75. The zero-order chi connectivity index (χ0) is 17.7. The molecule has 0 spiro atoms. The Morgan fingerprint density at radius 3 is 2.35 bits per heavy atom. The van der Waals surface area contributed by atoms with E-state index >= 15 is 0 Å². The molecular formula is C15H19F3N2O3. The monoisotopic (exact) mass is 332 g/mol. The number of amides is 2. The Morgan fingerprint density at radius 1 is 1.17 bits per heavy atom. The minimum absolute atomic E-state index is 0.0721. The third-order valence-electron chi connectivity index (χ3n) is 3.19. The lowest BCUT2D eigenvalue weighted by Gasteiger charge is -2.27. The van der Waals surface area contributed by atoms with E-state index < -0.39 is 29.3 Å². The van der Waals surface area contributed by atoms with Crippen LogP contribution in [0.25, 0.3) is 0 Å². The van der Waals surface area contributed by atoms with Crippen molar-refractivity contribution < 1.29 is 27.9 Å². The molecule has 5 nitrogen and oxygen atoms in total. The molecule has 0 aromatic heterocycles. The molecule has 3 N–H and O–H groups in total. The number of alkyl halides is 3. The molecule has 0 aliphatic heterocycles. The van der Waals surface area contributed by atoms with Crippen LogP contribution in [0.5, 0.6) is 0 Å². The molecule has 23 heavy (non-hydrogen) atoms. The number of nitrogens with one attached hydrogen (secondary N) is 2. The van der Waals surface area contributed by atoms with Crippen LogP contribution in [-0.4, -0.2) is 23.7 Å². The Bertz CT molecular complexity index is 571. The lowest BCUT2D eigenvalue weighted by Crippen LogP contribution is -2.46. The molecule has 0 aliphatic rings. The lowest BCUT2D eigenvalue weighted by atomic mass is 9.93. The van der Waals surface area contributed by atoms with Crippen molar-refractivity contribution in [3.8, 4) is 0 Å². The van der Waals surface area contributed by atoms with E-state index in [9.17, 15) is 22.8 Å². The van der Waals surface area contributed by atoms with Gasteiger partial charge in [0.2, 0.25) is 0 Å². The van der Waals surface area contributed by atoms with Gasteiger partial charge in [-0.15, -0.1) is 0 Å². The molecule has 8 heteroatoms. The Balaban J connectivity index is 2.68. The first-order chi connectivity index (χ1) is 10.5. The van der Waals surface area contributed by atoms with E-state index in [-0.39, 0.29) is 19.4 Å². The average Bonchev–Trinajstić information content (AvgIpc) is 2.42. The van der Waals surface area contributed by atoms with Gasteiger partial charge in [-0.1, -0.05) is 12.1 Å². The zero-order valence-corrected chi connectivity index (χ0v) is 12.8. The molecule has 0 saturated carbocycles. The highest BCUT2D eigenvalue weighted by Gasteiger charge is 2.32. The lowest BCUT2D eigenvalue weighted by molar-refractivity contribution is -0.138. The van der Waals surface area contributed by atoms with E-state index in [1.54, 1.807) is 13.8 Å². The fourth-order valence-electron chi connectivity index (χ4n) is 1.93. The number of benzene rings is 1. The molecule has 0 radical (unpaired) electrons. The number of carbonyl (C=O) groups is 2. The Morgan fingerprint density at radius 2 is 1.78 bits per heavy atom. The molecule has 0 atom stereocenters. The first kappa shape index (κ1) is 18.8. The number of carboxylic acid groups (broad SMARTS) is 1. The minimum atomic E-state index is -4.45. The maximum absolute atomic E-state index is 12.7. The summed E-state index contributed by atoms with van der Waals surface area (Å²) in [6, 6.07) is 4.17. The molecule has 0 heterocycles. The quantitative estimate of drug-likeness (QED) is 0.701. The first-order valence-corrected chi connectivity index (χ1v) is 6.98. The summed E-state index contributed by atoms with van der Waals surface area (Å²) in [5, 5.41) is 13.5. The van der Waals surface area contributed by atoms with Crippen molar-refractivity contribution in [2.75, 3.05) is 6.54 Å². The van der Waals surface area contributed by atoms with Crippen molar-refractivity contribution in [1.29, 1.82) is 0 Å². The summed E-state index contributed by atoms with van der Waals surface area (Å²) in [6.45, 7) is 3.33. The van der Waals surface area contributed by atoms with E-state index in [1.165, 1.54) is 12.1 Å². The summed E-state index contributed by atoms with van der Waals surface area (Å²) in [4.78, 5) is 22.1. The largest absolute Gasteiger partial charge is 0.481 e. The van der Waals surface area contributed by atoms with Crippen LogP contribution < -0.4 is 10.6 Å². The number of hydrogen-bond donors (Lipinski definition) is 3. The minimum Gasteiger partial charge on any atom is -0.481 e. The second kappa shape index (κ2) is 7.34. The van der Waals surface area contributed by atoms with Gasteiger partial charge in [0.25, 0.3) is 0 Å². The Kier molecular flexibility index (Phi) is 6.00. The van der Waals surface area contributed by atoms with Crippen LogP contribution in [0.2, 0.25) is 0 Å². The van der Waals surface area contributed by atoms with Gasteiger partial charge < -0.3 is 15.7 Å². The van der Waals surface area contributed by atoms with E-state index in [4.69, 9.17) is 5.11 Å². The summed E-state index contributed by atoms with van der Waals surface area (Å²) in [5.41, 5.74) is -1.49. The Labute approximate surface area is 131 Å². The number of rotatable bonds is 6. The number of aliphatic carboxylic acids is 1. The molecule has 1 aromatic rings. The standard InChI is InChI=1S/C15H19F3N2O3/c1-14(2,20-13(23)19-8-4-7-12(21)22)10-5-3-6-11(9-10)15(16,17)18/h3,5-6,9H,4,7-8H2,1-2H3,(H,21,22)(H2,19,20,23). The topological polar surface area (TPSA) is 78.4 Å². The molecular weight excluding hydrogens is 313 g/mol. The summed E-state index contributed by atoms with van der Waals surface area (Å²) in [5.74, 6) is -0.962. The van der Waals surface area contributed by atoms with Gasteiger partial charge >= 0.3 is 18.2 Å². The fourth-order valence-corrected chi connectivity index (χ4v) is 1.93. The second-order valence-corrected chi connectivity index (χ2v) is 5.58. The average molecular weight is 332 g/mol. The van der Waals surface area contributed by atoms with Crippen LogP contribution in [0.4, 0.5) is 18.0 Å². The van der Waals surface area contributed by atoms with Crippen molar-refractivity contribution in [3.05, 3.63) is 35.4 Å². The third-order valence-corrected chi connectivity index (χ3v) is 3.19. The first-order valence-electron chi connectivity index (χ1n) is 6.98. The number of hydrogen-bond acceptors (Lipinski definition) is 2. The van der Waals surface area contributed by atoms with Gasteiger partial charge in [-0.25, -0.2) is 4.79 Å². The second-order valence-electron chi connectivity index (χ2n) is 5.58. The molecule has 0 unspecified atom stereocenters. The van der Waals surface area contributed by atoms with Crippen LogP contribution >= 0.6 is 0 Å². The van der Waals surface area contributed by atoms with E-state index in [0.717, 1.165) is 12.1 Å². The van der Waals surface area contributed by atoms with Crippen molar-refractivity contribution >= 4 is 12.0 Å². The van der Waals surface area contributed by atoms with Crippen molar-refractivity contribution in [3.63, 3.8) is 0 Å². The summed E-state index contributed by atoms with van der Waals surface area (Å²) in [7, 11) is 0. The van der Waals surface area contributed by atoms with Gasteiger partial charge in [-0.05, 0) is 38.0 Å². The molecule has 2 amide bonds. The predicted octanol–water partition coefficient (Wildman–Crippen LogP) is 3.10. The smallest absolute Gasteiger partial charge is 0.416 e. The van der Waals surface area contributed by atoms with Crippen molar-refractivity contribution in [1.82, 2.24) is 10.6 Å². The van der Waals surface area contributed by atoms with Crippen molar-refractivity contribution in [2.24, 2.45) is 0 Å². The number of halogens is 3. The highest BCUT2D eigenvalue weighted by atomic mass is 19.4. The molecule has 0 bridgehead atoms. The van der Waals surface area contributed by atoms with E-state index in [2.05, 4.69) is 10.6 Å². The maximum atomic E-state index is 12.7. The SMILES string of the molecule is CC(C)(NC(=O)NCCCC(=O)O)c1cccc(C(F)(F)F)c1. The van der Waals surface area contributed by atoms with Gasteiger partial charge in [-0.2, -0.15) is 13.2 Å². The van der Waals surface area contributed by atoms with Crippen LogP contribution in [0.15, 0.2) is 24.3 Å². The number of urea groups is 1.